The van der Waals surface area contributed by atoms with Gasteiger partial charge in [0.15, 0.2) is 0 Å². The molecule has 0 aromatic heterocycles. The van der Waals surface area contributed by atoms with Gasteiger partial charge in [0.1, 0.15) is 11.9 Å². The highest BCUT2D eigenvalue weighted by Gasteiger charge is 2.41. The zero-order chi connectivity index (χ0) is 14.3. The van der Waals surface area contributed by atoms with Gasteiger partial charge in [0.2, 0.25) is 10.0 Å². The van der Waals surface area contributed by atoms with Crippen molar-refractivity contribution in [2.75, 3.05) is 0 Å². The molecule has 0 aliphatic heterocycles. The lowest BCUT2D eigenvalue weighted by atomic mass is 9.96. The molecule has 106 valence electrons. The smallest absolute Gasteiger partial charge is 0.208 e. The van der Waals surface area contributed by atoms with Crippen LogP contribution in [-0.4, -0.2) is 14.5 Å². The van der Waals surface area contributed by atoms with Crippen molar-refractivity contribution >= 4 is 10.0 Å². The lowest BCUT2D eigenvalue weighted by molar-refractivity contribution is 0.390. The van der Waals surface area contributed by atoms with E-state index in [-0.39, 0.29) is 16.5 Å². The fraction of sp³-hybridized carbons (Fsp3) is 0.500. The third-order valence-corrected chi connectivity index (χ3v) is 5.90. The predicted octanol–water partition coefficient (Wildman–Crippen LogP) is 2.16. The van der Waals surface area contributed by atoms with Crippen LogP contribution in [-0.2, 0) is 10.0 Å². The highest BCUT2D eigenvalue weighted by atomic mass is 32.2. The van der Waals surface area contributed by atoms with Crippen molar-refractivity contribution in [2.24, 2.45) is 11.8 Å². The summed E-state index contributed by atoms with van der Waals surface area (Å²) in [5.41, 5.74) is -0.249. The number of halogens is 1. The largest absolute Gasteiger partial charge is 0.240 e. The number of nitriles is 1. The highest BCUT2D eigenvalue weighted by molar-refractivity contribution is 7.89. The first kappa shape index (κ1) is 13.5. The van der Waals surface area contributed by atoms with Gasteiger partial charge in [-0.05, 0) is 49.3 Å². The van der Waals surface area contributed by atoms with Crippen LogP contribution in [0.4, 0.5) is 4.39 Å². The molecule has 2 fully saturated rings. The summed E-state index contributed by atoms with van der Waals surface area (Å²) in [6.07, 6.45) is 4.25. The minimum Gasteiger partial charge on any atom is -0.208 e. The second-order valence-corrected chi connectivity index (χ2v) is 7.37. The second kappa shape index (κ2) is 4.83. The number of hydrogen-bond donors (Lipinski definition) is 1. The van der Waals surface area contributed by atoms with Gasteiger partial charge in [0.05, 0.1) is 10.5 Å². The van der Waals surface area contributed by atoms with E-state index in [1.165, 1.54) is 12.5 Å². The number of sulfonamides is 1. The van der Waals surface area contributed by atoms with Crippen LogP contribution in [0.3, 0.4) is 0 Å². The Hall–Kier alpha value is -1.45. The van der Waals surface area contributed by atoms with Crippen LogP contribution in [0, 0.1) is 29.0 Å². The van der Waals surface area contributed by atoms with Crippen LogP contribution >= 0.6 is 0 Å². The first-order chi connectivity index (χ1) is 9.49. The van der Waals surface area contributed by atoms with Crippen LogP contribution < -0.4 is 4.72 Å². The average molecular weight is 294 g/mol. The third-order valence-electron chi connectivity index (χ3n) is 4.41. The molecule has 0 amide bonds. The van der Waals surface area contributed by atoms with Crippen LogP contribution in [0.5, 0.6) is 0 Å². The summed E-state index contributed by atoms with van der Waals surface area (Å²) in [6, 6.07) is 4.95. The Morgan fingerprint density at radius 1 is 1.30 bits per heavy atom. The van der Waals surface area contributed by atoms with E-state index in [1.54, 1.807) is 6.07 Å². The zero-order valence-electron chi connectivity index (χ0n) is 10.8. The van der Waals surface area contributed by atoms with Crippen LogP contribution in [0.25, 0.3) is 0 Å². The summed E-state index contributed by atoms with van der Waals surface area (Å²) in [5, 5.41) is 8.77. The molecule has 4 nitrogen and oxygen atoms in total. The van der Waals surface area contributed by atoms with E-state index in [1.807, 2.05) is 0 Å². The fourth-order valence-electron chi connectivity index (χ4n) is 3.41. The Labute approximate surface area is 117 Å². The fourth-order valence-corrected chi connectivity index (χ4v) is 4.76. The van der Waals surface area contributed by atoms with Gasteiger partial charge in [-0.3, -0.25) is 0 Å². The Kier molecular flexibility index (Phi) is 3.27. The molecule has 0 spiro atoms. The van der Waals surface area contributed by atoms with Crippen LogP contribution in [0.2, 0.25) is 0 Å². The van der Waals surface area contributed by atoms with Crippen molar-refractivity contribution in [1.29, 1.82) is 5.26 Å². The predicted molar refractivity (Wildman–Crippen MR) is 70.7 cm³/mol. The molecule has 3 rings (SSSR count). The van der Waals surface area contributed by atoms with Gasteiger partial charge in [-0.25, -0.2) is 17.5 Å². The molecule has 0 saturated heterocycles. The summed E-state index contributed by atoms with van der Waals surface area (Å²) in [4.78, 5) is -0.0433. The van der Waals surface area contributed by atoms with Gasteiger partial charge in [-0.1, -0.05) is 6.42 Å². The molecule has 1 aromatic rings. The Morgan fingerprint density at radius 2 is 2.10 bits per heavy atom. The Bertz CT molecular complexity index is 681. The maximum Gasteiger partial charge on any atom is 0.240 e. The topological polar surface area (TPSA) is 70.0 Å². The second-order valence-electron chi connectivity index (χ2n) is 5.66. The van der Waals surface area contributed by atoms with E-state index in [0.29, 0.717) is 11.8 Å². The minimum atomic E-state index is -3.68. The van der Waals surface area contributed by atoms with Crippen LogP contribution in [0.15, 0.2) is 23.1 Å². The van der Waals surface area contributed by atoms with Crippen molar-refractivity contribution in [1.82, 2.24) is 4.72 Å². The minimum absolute atomic E-state index is 0.0191. The number of nitrogens with zero attached hydrogens (tertiary/aromatic N) is 1. The molecule has 1 aromatic carbocycles. The van der Waals surface area contributed by atoms with Gasteiger partial charge in [0.25, 0.3) is 0 Å². The molecular formula is C14H15FN2O2S. The number of nitrogens with one attached hydrogen (secondary N) is 1. The van der Waals surface area contributed by atoms with Crippen molar-refractivity contribution in [3.8, 4) is 6.07 Å². The first-order valence-corrected chi connectivity index (χ1v) is 8.20. The molecule has 2 aliphatic rings. The van der Waals surface area contributed by atoms with E-state index in [2.05, 4.69) is 4.72 Å². The number of benzene rings is 1. The zero-order valence-corrected chi connectivity index (χ0v) is 11.7. The van der Waals surface area contributed by atoms with E-state index in [9.17, 15) is 12.8 Å². The summed E-state index contributed by atoms with van der Waals surface area (Å²) in [7, 11) is -3.68. The monoisotopic (exact) mass is 294 g/mol. The molecule has 2 bridgehead atoms. The van der Waals surface area contributed by atoms with Gasteiger partial charge in [0, 0.05) is 6.04 Å². The molecule has 3 atom stereocenters. The lowest BCUT2D eigenvalue weighted by Crippen LogP contribution is -2.38. The molecule has 1 N–H and O–H groups in total. The molecule has 0 heterocycles. The summed E-state index contributed by atoms with van der Waals surface area (Å²) in [6.45, 7) is 0. The van der Waals surface area contributed by atoms with Crippen molar-refractivity contribution < 1.29 is 12.8 Å². The molecule has 20 heavy (non-hydrogen) atoms. The Morgan fingerprint density at radius 3 is 2.70 bits per heavy atom. The van der Waals surface area contributed by atoms with Gasteiger partial charge in [-0.15, -0.1) is 0 Å². The van der Waals surface area contributed by atoms with Crippen molar-refractivity contribution in [3.05, 3.63) is 29.6 Å². The number of rotatable bonds is 3. The van der Waals surface area contributed by atoms with E-state index in [4.69, 9.17) is 5.26 Å². The quantitative estimate of drug-likeness (QED) is 0.928. The lowest BCUT2D eigenvalue weighted by Gasteiger charge is -2.22. The molecule has 0 radical (unpaired) electrons. The standard InChI is InChI=1S/C14H15FN2O2S/c15-13-4-3-12(7-11(13)8-16)20(18,19)17-14-6-9-1-2-10(14)5-9/h3-4,7,9-10,14,17H,1-2,5-6H2. The van der Waals surface area contributed by atoms with E-state index in [0.717, 1.165) is 31.4 Å². The number of hydrogen-bond acceptors (Lipinski definition) is 3. The Balaban J connectivity index is 1.83. The van der Waals surface area contributed by atoms with E-state index >= 15 is 0 Å². The maximum absolute atomic E-state index is 13.2. The third kappa shape index (κ3) is 2.32. The van der Waals surface area contributed by atoms with Crippen LogP contribution in [0.1, 0.15) is 31.2 Å². The maximum atomic E-state index is 13.2. The van der Waals surface area contributed by atoms with Gasteiger partial charge >= 0.3 is 0 Å². The highest BCUT2D eigenvalue weighted by Crippen LogP contribution is 2.44. The molecule has 2 saturated carbocycles. The summed E-state index contributed by atoms with van der Waals surface area (Å²) < 4.78 is 40.6. The van der Waals surface area contributed by atoms with Gasteiger partial charge < -0.3 is 0 Å². The van der Waals surface area contributed by atoms with E-state index < -0.39 is 15.8 Å². The summed E-state index contributed by atoms with van der Waals surface area (Å²) in [5.74, 6) is 0.354. The summed E-state index contributed by atoms with van der Waals surface area (Å²) >= 11 is 0. The molecular weight excluding hydrogens is 279 g/mol. The van der Waals surface area contributed by atoms with Crippen molar-refractivity contribution in [3.63, 3.8) is 0 Å². The normalized spacial score (nSPS) is 28.5. The van der Waals surface area contributed by atoms with Gasteiger partial charge in [-0.2, -0.15) is 5.26 Å². The molecule has 3 unspecified atom stereocenters. The molecule has 6 heteroatoms. The molecule has 2 aliphatic carbocycles. The van der Waals surface area contributed by atoms with Crippen molar-refractivity contribution in [2.45, 2.75) is 36.6 Å². The SMILES string of the molecule is N#Cc1cc(S(=O)(=O)NC2CC3CCC2C3)ccc1F. The number of fused-ring (bicyclic) bond motifs is 2. The first-order valence-electron chi connectivity index (χ1n) is 6.71. The average Bonchev–Trinajstić information content (AvgIpc) is 3.00.